The molecule has 136 valence electrons. The summed E-state index contributed by atoms with van der Waals surface area (Å²) in [5.74, 6) is -0.677. The summed E-state index contributed by atoms with van der Waals surface area (Å²) in [5, 5.41) is 4.11. The van der Waals surface area contributed by atoms with Gasteiger partial charge in [0.25, 0.3) is 5.90 Å². The van der Waals surface area contributed by atoms with Crippen LogP contribution in [0.4, 0.5) is 0 Å². The number of carbonyl (C=O) groups is 2. The van der Waals surface area contributed by atoms with Gasteiger partial charge in [-0.05, 0) is 29.4 Å². The molecular formula is C20H20ClNO4. The van der Waals surface area contributed by atoms with Crippen molar-refractivity contribution in [1.29, 1.82) is 0 Å². The van der Waals surface area contributed by atoms with Crippen LogP contribution in [0.3, 0.4) is 0 Å². The lowest BCUT2D eigenvalue weighted by Crippen LogP contribution is -2.20. The molecule has 2 rings (SSSR count). The van der Waals surface area contributed by atoms with Crippen molar-refractivity contribution in [3.63, 3.8) is 0 Å². The first kappa shape index (κ1) is 19.7. The number of benzene rings is 2. The van der Waals surface area contributed by atoms with E-state index in [9.17, 15) is 9.59 Å². The van der Waals surface area contributed by atoms with Crippen LogP contribution in [0.15, 0.2) is 53.7 Å². The minimum absolute atomic E-state index is 0.00452. The summed E-state index contributed by atoms with van der Waals surface area (Å²) in [5.41, 5.74) is 0.755. The summed E-state index contributed by atoms with van der Waals surface area (Å²) >= 11 is 6.12. The number of carbonyl (C=O) groups excluding carboxylic acids is 2. The molecule has 0 aliphatic heterocycles. The number of esters is 1. The zero-order valence-electron chi connectivity index (χ0n) is 15.1. The SMILES string of the molecule is CON=C(OC(=O)c1ccc(C(=O)C(C)(C)C)cc1)c1ccccc1Cl. The Hall–Kier alpha value is -2.66. The second-order valence-electron chi connectivity index (χ2n) is 6.60. The standard InChI is InChI=1S/C20H20ClNO4/c1-20(2,3)17(23)13-9-11-14(12-10-13)19(24)26-18(22-25-4)15-7-5-6-8-16(15)21/h5-12H,1-4H3. The highest BCUT2D eigenvalue weighted by atomic mass is 35.5. The first-order valence-corrected chi connectivity index (χ1v) is 8.35. The molecular weight excluding hydrogens is 354 g/mol. The number of ether oxygens (including phenoxy) is 1. The molecule has 0 spiro atoms. The van der Waals surface area contributed by atoms with Gasteiger partial charge in [-0.1, -0.05) is 56.6 Å². The molecule has 26 heavy (non-hydrogen) atoms. The Morgan fingerprint density at radius 2 is 1.54 bits per heavy atom. The lowest BCUT2D eigenvalue weighted by molar-refractivity contribution is 0.0702. The van der Waals surface area contributed by atoms with E-state index in [-0.39, 0.29) is 17.2 Å². The minimum atomic E-state index is -0.629. The lowest BCUT2D eigenvalue weighted by atomic mass is 9.86. The predicted molar refractivity (Wildman–Crippen MR) is 101 cm³/mol. The summed E-state index contributed by atoms with van der Waals surface area (Å²) in [7, 11) is 1.34. The molecule has 0 atom stereocenters. The number of halogens is 1. The van der Waals surface area contributed by atoms with Crippen molar-refractivity contribution in [2.45, 2.75) is 20.8 Å². The van der Waals surface area contributed by atoms with Crippen molar-refractivity contribution in [2.75, 3.05) is 7.11 Å². The van der Waals surface area contributed by atoms with Gasteiger partial charge in [0.05, 0.1) is 16.1 Å². The second kappa shape index (κ2) is 8.15. The second-order valence-corrected chi connectivity index (χ2v) is 7.01. The van der Waals surface area contributed by atoms with E-state index in [1.807, 2.05) is 20.8 Å². The first-order valence-electron chi connectivity index (χ1n) is 7.97. The molecule has 5 nitrogen and oxygen atoms in total. The highest BCUT2D eigenvalue weighted by Crippen LogP contribution is 2.22. The van der Waals surface area contributed by atoms with E-state index in [1.165, 1.54) is 7.11 Å². The molecule has 6 heteroatoms. The normalized spacial score (nSPS) is 11.8. The van der Waals surface area contributed by atoms with E-state index in [0.29, 0.717) is 16.1 Å². The fourth-order valence-corrected chi connectivity index (χ4v) is 2.39. The molecule has 0 fully saturated rings. The Morgan fingerprint density at radius 3 is 2.08 bits per heavy atom. The molecule has 0 radical (unpaired) electrons. The number of oxime groups is 1. The van der Waals surface area contributed by atoms with Crippen LogP contribution in [0.1, 0.15) is 47.1 Å². The van der Waals surface area contributed by atoms with Crippen LogP contribution in [-0.4, -0.2) is 24.8 Å². The van der Waals surface area contributed by atoms with Gasteiger partial charge >= 0.3 is 5.97 Å². The number of Topliss-reactive ketones (excluding diaryl/α,β-unsaturated/α-hetero) is 1. The minimum Gasteiger partial charge on any atom is -0.400 e. The molecule has 0 aliphatic rings. The summed E-state index contributed by atoms with van der Waals surface area (Å²) < 4.78 is 5.33. The van der Waals surface area contributed by atoms with E-state index in [4.69, 9.17) is 21.2 Å². The Bertz CT molecular complexity index is 836. The monoisotopic (exact) mass is 373 g/mol. The van der Waals surface area contributed by atoms with E-state index in [0.717, 1.165) is 0 Å². The maximum Gasteiger partial charge on any atom is 0.344 e. The van der Waals surface area contributed by atoms with E-state index >= 15 is 0 Å². The molecule has 0 aliphatic carbocycles. The molecule has 0 heterocycles. The smallest absolute Gasteiger partial charge is 0.344 e. The van der Waals surface area contributed by atoms with Crippen LogP contribution < -0.4 is 0 Å². The van der Waals surface area contributed by atoms with E-state index in [1.54, 1.807) is 48.5 Å². The van der Waals surface area contributed by atoms with Crippen molar-refractivity contribution in [3.05, 3.63) is 70.2 Å². The maximum absolute atomic E-state index is 12.4. The highest BCUT2D eigenvalue weighted by molar-refractivity contribution is 6.34. The molecule has 0 bridgehead atoms. The molecule has 2 aromatic rings. The van der Waals surface area contributed by atoms with E-state index in [2.05, 4.69) is 5.16 Å². The van der Waals surface area contributed by atoms with Crippen LogP contribution in [0.2, 0.25) is 5.02 Å². The Kier molecular flexibility index (Phi) is 6.16. The third-order valence-electron chi connectivity index (χ3n) is 3.53. The Labute approximate surface area is 157 Å². The van der Waals surface area contributed by atoms with E-state index < -0.39 is 11.4 Å². The molecule has 0 N–H and O–H groups in total. The number of rotatable bonds is 4. The number of hydrogen-bond acceptors (Lipinski definition) is 5. The fourth-order valence-electron chi connectivity index (χ4n) is 2.18. The third-order valence-corrected chi connectivity index (χ3v) is 3.86. The predicted octanol–water partition coefficient (Wildman–Crippen LogP) is 4.73. The van der Waals surface area contributed by atoms with Gasteiger partial charge in [0.15, 0.2) is 5.78 Å². The van der Waals surface area contributed by atoms with Crippen LogP contribution in [-0.2, 0) is 9.57 Å². The summed E-state index contributed by atoms with van der Waals surface area (Å²) in [4.78, 5) is 29.4. The zero-order valence-corrected chi connectivity index (χ0v) is 15.8. The quantitative estimate of drug-likeness (QED) is 0.255. The summed E-state index contributed by atoms with van der Waals surface area (Å²) in [6.07, 6.45) is 0. The Morgan fingerprint density at radius 1 is 0.962 bits per heavy atom. The van der Waals surface area contributed by atoms with Gasteiger partial charge in [-0.25, -0.2) is 4.79 Å². The average Bonchev–Trinajstić information content (AvgIpc) is 2.60. The fraction of sp³-hybridized carbons (Fsp3) is 0.250. The van der Waals surface area contributed by atoms with Crippen LogP contribution in [0, 0.1) is 5.41 Å². The summed E-state index contributed by atoms with van der Waals surface area (Å²) in [6.45, 7) is 5.53. The molecule has 0 aromatic heterocycles. The largest absolute Gasteiger partial charge is 0.400 e. The zero-order chi connectivity index (χ0) is 19.3. The van der Waals surface area contributed by atoms with Crippen LogP contribution in [0.5, 0.6) is 0 Å². The lowest BCUT2D eigenvalue weighted by Gasteiger charge is -2.16. The Balaban J connectivity index is 2.22. The molecule has 2 aromatic carbocycles. The molecule has 0 amide bonds. The average molecular weight is 374 g/mol. The van der Waals surface area contributed by atoms with Crippen molar-refractivity contribution < 1.29 is 19.2 Å². The van der Waals surface area contributed by atoms with Gasteiger partial charge in [-0.15, -0.1) is 0 Å². The molecule has 0 saturated heterocycles. The number of hydrogen-bond donors (Lipinski definition) is 0. The molecule has 0 unspecified atom stereocenters. The van der Waals surface area contributed by atoms with Gasteiger partial charge in [0, 0.05) is 11.0 Å². The third kappa shape index (κ3) is 4.70. The van der Waals surface area contributed by atoms with Crippen molar-refractivity contribution in [2.24, 2.45) is 10.6 Å². The molecule has 0 saturated carbocycles. The van der Waals surface area contributed by atoms with Gasteiger partial charge in [0.1, 0.15) is 7.11 Å². The highest BCUT2D eigenvalue weighted by Gasteiger charge is 2.23. The van der Waals surface area contributed by atoms with Gasteiger partial charge < -0.3 is 9.57 Å². The van der Waals surface area contributed by atoms with Gasteiger partial charge in [-0.3, -0.25) is 4.79 Å². The number of ketones is 1. The van der Waals surface area contributed by atoms with Gasteiger partial charge in [-0.2, -0.15) is 0 Å². The maximum atomic E-state index is 12.4. The van der Waals surface area contributed by atoms with Crippen LogP contribution >= 0.6 is 11.6 Å². The van der Waals surface area contributed by atoms with Crippen molar-refractivity contribution >= 4 is 29.3 Å². The first-order chi connectivity index (χ1) is 12.2. The van der Waals surface area contributed by atoms with Gasteiger partial charge in [0.2, 0.25) is 0 Å². The topological polar surface area (TPSA) is 65.0 Å². The van der Waals surface area contributed by atoms with Crippen molar-refractivity contribution in [3.8, 4) is 0 Å². The van der Waals surface area contributed by atoms with Crippen molar-refractivity contribution in [1.82, 2.24) is 0 Å². The summed E-state index contributed by atoms with van der Waals surface area (Å²) in [6, 6.07) is 13.1. The number of nitrogens with zero attached hydrogens (tertiary/aromatic N) is 1. The van der Waals surface area contributed by atoms with Crippen LogP contribution in [0.25, 0.3) is 0 Å².